The summed E-state index contributed by atoms with van der Waals surface area (Å²) in [5, 5.41) is 4.39. The summed E-state index contributed by atoms with van der Waals surface area (Å²) in [5.41, 5.74) is 1.71. The summed E-state index contributed by atoms with van der Waals surface area (Å²) < 4.78 is 7.68. The minimum atomic E-state index is -0.142. The van der Waals surface area contributed by atoms with Gasteiger partial charge >= 0.3 is 0 Å². The van der Waals surface area contributed by atoms with E-state index in [1.54, 1.807) is 0 Å². The molecule has 0 saturated carbocycles. The summed E-state index contributed by atoms with van der Waals surface area (Å²) in [6.45, 7) is 2.85. The molecule has 0 aliphatic rings. The first-order valence-electron chi connectivity index (χ1n) is 8.94. The van der Waals surface area contributed by atoms with Crippen molar-refractivity contribution >= 4 is 22.4 Å². The van der Waals surface area contributed by atoms with Crippen LogP contribution in [0.3, 0.4) is 0 Å². The molecule has 5 nitrogen and oxygen atoms in total. The van der Waals surface area contributed by atoms with Crippen LogP contribution in [0.15, 0.2) is 59.4 Å². The van der Waals surface area contributed by atoms with Crippen LogP contribution >= 0.6 is 11.3 Å². The molecule has 0 amide bonds. The van der Waals surface area contributed by atoms with Crippen molar-refractivity contribution < 1.29 is 4.74 Å². The van der Waals surface area contributed by atoms with E-state index in [0.717, 1.165) is 29.7 Å². The van der Waals surface area contributed by atoms with Gasteiger partial charge in [-0.1, -0.05) is 55.0 Å². The lowest BCUT2D eigenvalue weighted by molar-refractivity contribution is 0.309. The van der Waals surface area contributed by atoms with Crippen LogP contribution < -0.4 is 14.8 Å². The number of aromatic nitrogens is 3. The number of rotatable bonds is 6. The van der Waals surface area contributed by atoms with Crippen molar-refractivity contribution in [2.45, 2.75) is 19.8 Å². The fourth-order valence-corrected chi connectivity index (χ4v) is 3.60. The van der Waals surface area contributed by atoms with Gasteiger partial charge in [0.05, 0.1) is 11.1 Å². The largest absolute Gasteiger partial charge is 0.494 e. The lowest BCUT2D eigenvalue weighted by Gasteiger charge is -2.05. The lowest BCUT2D eigenvalue weighted by Crippen LogP contribution is -2.23. The molecular formula is C21H19N3O2S. The second-order valence-corrected chi connectivity index (χ2v) is 7.19. The van der Waals surface area contributed by atoms with E-state index >= 15 is 0 Å². The van der Waals surface area contributed by atoms with Gasteiger partial charge < -0.3 is 4.74 Å². The number of fused-ring (bicyclic) bond motifs is 1. The third-order valence-electron chi connectivity index (χ3n) is 4.16. The summed E-state index contributed by atoms with van der Waals surface area (Å²) in [6.07, 6.45) is 4.01. The Morgan fingerprint density at radius 2 is 1.89 bits per heavy atom. The van der Waals surface area contributed by atoms with Gasteiger partial charge in [0.15, 0.2) is 5.82 Å². The highest BCUT2D eigenvalue weighted by Crippen LogP contribution is 2.20. The number of ether oxygens (including phenoxy) is 1. The summed E-state index contributed by atoms with van der Waals surface area (Å²) in [7, 11) is 0. The first kappa shape index (κ1) is 17.4. The molecule has 4 rings (SSSR count). The average Bonchev–Trinajstić information content (AvgIpc) is 3.23. The van der Waals surface area contributed by atoms with Crippen molar-refractivity contribution in [1.82, 2.24) is 14.6 Å². The minimum Gasteiger partial charge on any atom is -0.494 e. The first-order valence-corrected chi connectivity index (χ1v) is 9.76. The number of benzene rings is 2. The van der Waals surface area contributed by atoms with Crippen molar-refractivity contribution in [2.75, 3.05) is 6.61 Å². The quantitative estimate of drug-likeness (QED) is 0.482. The van der Waals surface area contributed by atoms with Gasteiger partial charge in [-0.3, -0.25) is 4.79 Å². The van der Waals surface area contributed by atoms with Gasteiger partial charge in [-0.05, 0) is 42.3 Å². The standard InChI is InChI=1S/C21H19N3O2S/c1-2-3-13-26-17-11-9-16(10-12-17)19-22-21-24(23-19)20(25)18(27-21)14-15-7-5-4-6-8-15/h4-12,14H,2-3,13H2,1H3/b18-14+. The number of nitrogens with zero attached hydrogens (tertiary/aromatic N) is 3. The Hall–Kier alpha value is -2.99. The Labute approximate surface area is 160 Å². The molecule has 0 atom stereocenters. The van der Waals surface area contributed by atoms with Crippen molar-refractivity contribution in [3.05, 3.63) is 75.0 Å². The SMILES string of the molecule is CCCCOc1ccc(-c2nc3s/c(=C/c4ccccc4)c(=O)n3n2)cc1. The third-order valence-corrected chi connectivity index (χ3v) is 5.12. The predicted octanol–water partition coefficient (Wildman–Crippen LogP) is 3.54. The molecule has 0 spiro atoms. The van der Waals surface area contributed by atoms with E-state index < -0.39 is 0 Å². The summed E-state index contributed by atoms with van der Waals surface area (Å²) in [4.78, 5) is 17.7. The molecule has 2 heterocycles. The molecule has 0 radical (unpaired) electrons. The van der Waals surface area contributed by atoms with Crippen molar-refractivity contribution in [2.24, 2.45) is 0 Å². The highest BCUT2D eigenvalue weighted by Gasteiger charge is 2.12. The molecule has 6 heteroatoms. The fourth-order valence-electron chi connectivity index (χ4n) is 2.69. The number of hydrogen-bond acceptors (Lipinski definition) is 5. The molecular weight excluding hydrogens is 358 g/mol. The van der Waals surface area contributed by atoms with Crippen LogP contribution in [0.2, 0.25) is 0 Å². The van der Waals surface area contributed by atoms with Crippen LogP contribution in [0.1, 0.15) is 25.3 Å². The van der Waals surface area contributed by atoms with E-state index in [4.69, 9.17) is 4.74 Å². The number of hydrogen-bond donors (Lipinski definition) is 0. The second kappa shape index (κ2) is 7.72. The van der Waals surface area contributed by atoms with Gasteiger partial charge in [-0.15, -0.1) is 5.10 Å². The molecule has 0 bridgehead atoms. The van der Waals surface area contributed by atoms with Crippen molar-refractivity contribution in [3.8, 4) is 17.1 Å². The van der Waals surface area contributed by atoms with Crippen LogP contribution in [0, 0.1) is 0 Å². The zero-order valence-electron chi connectivity index (χ0n) is 15.0. The van der Waals surface area contributed by atoms with Gasteiger partial charge in [0, 0.05) is 5.56 Å². The van der Waals surface area contributed by atoms with E-state index in [2.05, 4.69) is 17.0 Å². The van der Waals surface area contributed by atoms with Crippen molar-refractivity contribution in [1.29, 1.82) is 0 Å². The maximum atomic E-state index is 12.6. The Kier molecular flexibility index (Phi) is 4.98. The number of unbranched alkanes of at least 4 members (excludes halogenated alkanes) is 1. The van der Waals surface area contributed by atoms with E-state index in [0.29, 0.717) is 21.9 Å². The van der Waals surface area contributed by atoms with E-state index in [1.807, 2.05) is 60.7 Å². The van der Waals surface area contributed by atoms with Gasteiger partial charge in [0.1, 0.15) is 5.75 Å². The topological polar surface area (TPSA) is 56.5 Å². The molecule has 0 aliphatic heterocycles. The van der Waals surface area contributed by atoms with E-state index in [1.165, 1.54) is 15.9 Å². The monoisotopic (exact) mass is 377 g/mol. The molecule has 4 aromatic rings. The summed E-state index contributed by atoms with van der Waals surface area (Å²) in [5.74, 6) is 1.38. The summed E-state index contributed by atoms with van der Waals surface area (Å²) >= 11 is 1.35. The maximum absolute atomic E-state index is 12.6. The first-order chi connectivity index (χ1) is 13.2. The fraction of sp³-hybridized carbons (Fsp3) is 0.190. The van der Waals surface area contributed by atoms with Crippen LogP contribution in [0.4, 0.5) is 0 Å². The maximum Gasteiger partial charge on any atom is 0.291 e. The van der Waals surface area contributed by atoms with Crippen LogP contribution in [0.5, 0.6) is 5.75 Å². The zero-order valence-corrected chi connectivity index (χ0v) is 15.8. The molecule has 0 N–H and O–H groups in total. The van der Waals surface area contributed by atoms with Crippen LogP contribution in [-0.2, 0) is 0 Å². The Balaban J connectivity index is 1.61. The third kappa shape index (κ3) is 3.75. The van der Waals surface area contributed by atoms with Crippen LogP contribution in [0.25, 0.3) is 22.4 Å². The minimum absolute atomic E-state index is 0.142. The molecule has 2 aromatic carbocycles. The Morgan fingerprint density at radius 1 is 1.11 bits per heavy atom. The Morgan fingerprint density at radius 3 is 2.59 bits per heavy atom. The number of thiazole rings is 1. The van der Waals surface area contributed by atoms with Gasteiger partial charge in [0.25, 0.3) is 5.56 Å². The van der Waals surface area contributed by atoms with Crippen LogP contribution in [-0.4, -0.2) is 21.2 Å². The molecule has 0 saturated heterocycles. The van der Waals surface area contributed by atoms with E-state index in [-0.39, 0.29) is 5.56 Å². The zero-order chi connectivity index (χ0) is 18.6. The predicted molar refractivity (Wildman–Crippen MR) is 108 cm³/mol. The molecule has 0 unspecified atom stereocenters. The smallest absolute Gasteiger partial charge is 0.291 e. The molecule has 2 aromatic heterocycles. The van der Waals surface area contributed by atoms with E-state index in [9.17, 15) is 4.79 Å². The van der Waals surface area contributed by atoms with Gasteiger partial charge in [-0.25, -0.2) is 0 Å². The molecule has 27 heavy (non-hydrogen) atoms. The molecule has 0 aliphatic carbocycles. The highest BCUT2D eigenvalue weighted by atomic mass is 32.1. The second-order valence-electron chi connectivity index (χ2n) is 6.18. The highest BCUT2D eigenvalue weighted by molar-refractivity contribution is 7.15. The van der Waals surface area contributed by atoms with Gasteiger partial charge in [0.2, 0.25) is 4.96 Å². The van der Waals surface area contributed by atoms with Crippen molar-refractivity contribution in [3.63, 3.8) is 0 Å². The summed E-state index contributed by atoms with van der Waals surface area (Å²) in [6, 6.07) is 17.4. The Bertz CT molecular complexity index is 1150. The molecule has 0 fully saturated rings. The van der Waals surface area contributed by atoms with Gasteiger partial charge in [-0.2, -0.15) is 9.50 Å². The average molecular weight is 377 g/mol. The molecule has 136 valence electrons. The normalized spacial score (nSPS) is 12.0. The lowest BCUT2D eigenvalue weighted by atomic mass is 10.2.